The van der Waals surface area contributed by atoms with Crippen LogP contribution in [0.25, 0.3) is 10.2 Å². The van der Waals surface area contributed by atoms with E-state index < -0.39 is 0 Å². The first-order chi connectivity index (χ1) is 10.3. The molecule has 4 nitrogen and oxygen atoms in total. The second-order valence-electron chi connectivity index (χ2n) is 5.33. The van der Waals surface area contributed by atoms with E-state index in [0.717, 1.165) is 42.7 Å². The van der Waals surface area contributed by atoms with Crippen molar-refractivity contribution in [2.75, 3.05) is 41.4 Å². The van der Waals surface area contributed by atoms with Gasteiger partial charge in [-0.05, 0) is 31.6 Å². The molecule has 2 aromatic rings. The molecule has 1 aliphatic heterocycles. The van der Waals surface area contributed by atoms with Gasteiger partial charge in [-0.2, -0.15) is 16.7 Å². The van der Waals surface area contributed by atoms with Crippen LogP contribution in [0.2, 0.25) is 0 Å². The van der Waals surface area contributed by atoms with Gasteiger partial charge in [0.1, 0.15) is 10.6 Å². The fourth-order valence-corrected chi connectivity index (χ4v) is 4.30. The summed E-state index contributed by atoms with van der Waals surface area (Å²) in [6.45, 7) is 7.41. The number of nitrogens with one attached hydrogen (secondary N) is 1. The highest BCUT2D eigenvalue weighted by Crippen LogP contribution is 2.32. The second kappa shape index (κ2) is 6.83. The van der Waals surface area contributed by atoms with Gasteiger partial charge in [0, 0.05) is 30.3 Å². The van der Waals surface area contributed by atoms with E-state index in [1.165, 1.54) is 28.2 Å². The third kappa shape index (κ3) is 3.43. The van der Waals surface area contributed by atoms with Gasteiger partial charge in [0.15, 0.2) is 0 Å². The van der Waals surface area contributed by atoms with Crippen LogP contribution in [0.5, 0.6) is 0 Å². The van der Waals surface area contributed by atoms with Gasteiger partial charge in [0.05, 0.1) is 5.39 Å². The van der Waals surface area contributed by atoms with Crippen molar-refractivity contribution in [2.24, 2.45) is 0 Å². The van der Waals surface area contributed by atoms with Gasteiger partial charge in [0.2, 0.25) is 5.95 Å². The molecule has 0 aliphatic carbocycles. The number of nitrogens with zero attached hydrogens (tertiary/aromatic N) is 3. The molecule has 0 saturated carbocycles. The molecule has 1 N–H and O–H groups in total. The first-order valence-corrected chi connectivity index (χ1v) is 9.60. The normalized spacial score (nSPS) is 16.2. The summed E-state index contributed by atoms with van der Waals surface area (Å²) in [6, 6.07) is 2.23. The number of aromatic nitrogens is 2. The lowest BCUT2D eigenvalue weighted by molar-refractivity contribution is 0.803. The molecule has 1 fully saturated rings. The third-order valence-corrected chi connectivity index (χ3v) is 5.54. The highest BCUT2D eigenvalue weighted by Gasteiger charge is 2.17. The molecule has 0 amide bonds. The average Bonchev–Trinajstić information content (AvgIpc) is 2.69. The van der Waals surface area contributed by atoms with Gasteiger partial charge in [-0.1, -0.05) is 6.92 Å². The minimum Gasteiger partial charge on any atom is -0.355 e. The quantitative estimate of drug-likeness (QED) is 0.928. The highest BCUT2D eigenvalue weighted by molar-refractivity contribution is 7.99. The van der Waals surface area contributed by atoms with Crippen molar-refractivity contribution in [3.05, 3.63) is 10.9 Å². The Bertz CT molecular complexity index is 603. The Morgan fingerprint density at radius 2 is 2.19 bits per heavy atom. The molecule has 114 valence electrons. The van der Waals surface area contributed by atoms with Crippen molar-refractivity contribution < 1.29 is 0 Å². The largest absolute Gasteiger partial charge is 0.355 e. The summed E-state index contributed by atoms with van der Waals surface area (Å²) in [5.74, 6) is 4.34. The van der Waals surface area contributed by atoms with Gasteiger partial charge in [0.25, 0.3) is 0 Å². The van der Waals surface area contributed by atoms with Crippen LogP contribution in [0, 0.1) is 6.92 Å². The maximum atomic E-state index is 4.82. The molecule has 0 radical (unpaired) electrons. The fourth-order valence-electron chi connectivity index (χ4n) is 2.54. The van der Waals surface area contributed by atoms with Crippen LogP contribution in [0.15, 0.2) is 6.07 Å². The van der Waals surface area contributed by atoms with Crippen LogP contribution in [-0.2, 0) is 0 Å². The van der Waals surface area contributed by atoms with Crippen molar-refractivity contribution in [1.29, 1.82) is 0 Å². The lowest BCUT2D eigenvalue weighted by atomic mass is 10.3. The van der Waals surface area contributed by atoms with Crippen LogP contribution in [0.1, 0.15) is 24.6 Å². The molecule has 0 aromatic carbocycles. The Hall–Kier alpha value is -1.01. The van der Waals surface area contributed by atoms with Crippen LogP contribution < -0.4 is 10.2 Å². The molecular weight excluding hydrogens is 300 g/mol. The molecule has 1 saturated heterocycles. The van der Waals surface area contributed by atoms with Crippen molar-refractivity contribution in [1.82, 2.24) is 9.97 Å². The number of anilines is 2. The molecule has 2 aromatic heterocycles. The van der Waals surface area contributed by atoms with Crippen molar-refractivity contribution in [3.63, 3.8) is 0 Å². The van der Waals surface area contributed by atoms with Gasteiger partial charge >= 0.3 is 0 Å². The Morgan fingerprint density at radius 1 is 1.29 bits per heavy atom. The smallest absolute Gasteiger partial charge is 0.226 e. The molecular formula is C15H22N4S2. The van der Waals surface area contributed by atoms with Crippen LogP contribution >= 0.6 is 23.1 Å². The minimum absolute atomic E-state index is 0.776. The standard InChI is InChI=1S/C15H22N4S2/c1-3-5-16-15-17-13(19-6-4-8-20-9-7-19)12-10-11(2)21-14(12)18-15/h10H,3-9H2,1-2H3,(H,16,17,18). The van der Waals surface area contributed by atoms with Crippen LogP contribution in [0.4, 0.5) is 11.8 Å². The van der Waals surface area contributed by atoms with E-state index in [1.54, 1.807) is 11.3 Å². The number of aryl methyl sites for hydroxylation is 1. The highest BCUT2D eigenvalue weighted by atomic mass is 32.2. The third-order valence-electron chi connectivity index (χ3n) is 3.55. The summed E-state index contributed by atoms with van der Waals surface area (Å²) in [5, 5.41) is 4.56. The maximum absolute atomic E-state index is 4.82. The zero-order chi connectivity index (χ0) is 14.7. The minimum atomic E-state index is 0.776. The summed E-state index contributed by atoms with van der Waals surface area (Å²) in [4.78, 5) is 14.3. The van der Waals surface area contributed by atoms with E-state index in [4.69, 9.17) is 4.98 Å². The predicted octanol–water partition coefficient (Wildman–Crippen LogP) is 3.76. The monoisotopic (exact) mass is 322 g/mol. The molecule has 6 heteroatoms. The number of thioether (sulfide) groups is 1. The zero-order valence-electron chi connectivity index (χ0n) is 12.7. The molecule has 0 unspecified atom stereocenters. The summed E-state index contributed by atoms with van der Waals surface area (Å²) >= 11 is 3.80. The molecule has 3 heterocycles. The van der Waals surface area contributed by atoms with E-state index in [0.29, 0.717) is 0 Å². The number of fused-ring (bicyclic) bond motifs is 1. The average molecular weight is 323 g/mol. The molecule has 0 spiro atoms. The summed E-state index contributed by atoms with van der Waals surface area (Å²) in [5.41, 5.74) is 0. The SMILES string of the molecule is CCCNc1nc(N2CCCSCC2)c2cc(C)sc2n1. The van der Waals surface area contributed by atoms with Crippen molar-refractivity contribution in [3.8, 4) is 0 Å². The topological polar surface area (TPSA) is 41.1 Å². The van der Waals surface area contributed by atoms with E-state index in [1.807, 2.05) is 11.8 Å². The predicted molar refractivity (Wildman–Crippen MR) is 95.1 cm³/mol. The Morgan fingerprint density at radius 3 is 3.05 bits per heavy atom. The Balaban J connectivity index is 2.00. The molecule has 1 aliphatic rings. The van der Waals surface area contributed by atoms with E-state index in [-0.39, 0.29) is 0 Å². The van der Waals surface area contributed by atoms with E-state index in [2.05, 4.69) is 35.1 Å². The van der Waals surface area contributed by atoms with Gasteiger partial charge in [-0.3, -0.25) is 0 Å². The van der Waals surface area contributed by atoms with Gasteiger partial charge < -0.3 is 10.2 Å². The molecule has 3 rings (SSSR count). The first kappa shape index (κ1) is 14.9. The number of hydrogen-bond donors (Lipinski definition) is 1. The number of rotatable bonds is 4. The van der Waals surface area contributed by atoms with Crippen molar-refractivity contribution in [2.45, 2.75) is 26.7 Å². The fraction of sp³-hybridized carbons (Fsp3) is 0.600. The van der Waals surface area contributed by atoms with Crippen LogP contribution in [0.3, 0.4) is 0 Å². The summed E-state index contributed by atoms with van der Waals surface area (Å²) in [7, 11) is 0. The van der Waals surface area contributed by atoms with Crippen LogP contribution in [-0.4, -0.2) is 41.1 Å². The maximum Gasteiger partial charge on any atom is 0.226 e. The van der Waals surface area contributed by atoms with Crippen molar-refractivity contribution >= 4 is 45.1 Å². The summed E-state index contributed by atoms with van der Waals surface area (Å²) in [6.07, 6.45) is 2.32. The van der Waals surface area contributed by atoms with Gasteiger partial charge in [-0.15, -0.1) is 11.3 Å². The number of thiophene rings is 1. The molecule has 0 atom stereocenters. The van der Waals surface area contributed by atoms with E-state index in [9.17, 15) is 0 Å². The van der Waals surface area contributed by atoms with Gasteiger partial charge in [-0.25, -0.2) is 4.98 Å². The summed E-state index contributed by atoms with van der Waals surface area (Å²) < 4.78 is 0. The first-order valence-electron chi connectivity index (χ1n) is 7.62. The van der Waals surface area contributed by atoms with E-state index >= 15 is 0 Å². The lowest BCUT2D eigenvalue weighted by Crippen LogP contribution is -2.27. The Kier molecular flexibility index (Phi) is 4.85. The molecule has 21 heavy (non-hydrogen) atoms. The lowest BCUT2D eigenvalue weighted by Gasteiger charge is -2.22. The molecule has 0 bridgehead atoms. The second-order valence-corrected chi connectivity index (χ2v) is 7.79. The Labute approximate surface area is 134 Å². The number of hydrogen-bond acceptors (Lipinski definition) is 6. The zero-order valence-corrected chi connectivity index (χ0v) is 14.3.